The van der Waals surface area contributed by atoms with Gasteiger partial charge in [-0.2, -0.15) is 0 Å². The van der Waals surface area contributed by atoms with E-state index in [0.717, 1.165) is 54.6 Å². The summed E-state index contributed by atoms with van der Waals surface area (Å²) in [6, 6.07) is 20.1. The van der Waals surface area contributed by atoms with Crippen LogP contribution in [0.15, 0.2) is 78.0 Å². The van der Waals surface area contributed by atoms with Gasteiger partial charge in [0.05, 0.1) is 7.11 Å². The molecule has 1 aliphatic heterocycles. The van der Waals surface area contributed by atoms with Crippen LogP contribution in [0.2, 0.25) is 0 Å². The molecule has 2 aromatic carbocycles. The van der Waals surface area contributed by atoms with Crippen LogP contribution in [0.4, 0.5) is 5.69 Å². The Hall–Kier alpha value is -2.99. The number of pyridine rings is 1. The quantitative estimate of drug-likeness (QED) is 0.526. The molecule has 3 aromatic rings. The zero-order chi connectivity index (χ0) is 21.5. The Morgan fingerprint density at radius 3 is 2.52 bits per heavy atom. The molecule has 1 aromatic heterocycles. The molecule has 1 saturated heterocycles. The number of nitrogens with zero attached hydrogens (tertiary/aromatic N) is 3. The lowest BCUT2D eigenvalue weighted by atomic mass is 10.2. The maximum absolute atomic E-state index is 13.0. The highest BCUT2D eigenvalue weighted by Gasteiger charge is 2.20. The highest BCUT2D eigenvalue weighted by Crippen LogP contribution is 2.24. The summed E-state index contributed by atoms with van der Waals surface area (Å²) < 4.78 is 5.25. The third-order valence-electron chi connectivity index (χ3n) is 5.45. The normalized spacial score (nSPS) is 14.2. The summed E-state index contributed by atoms with van der Waals surface area (Å²) in [5.74, 6) is 1.84. The van der Waals surface area contributed by atoms with Crippen LogP contribution in [0, 0.1) is 0 Å². The maximum Gasteiger partial charge on any atom is 0.253 e. The summed E-state index contributed by atoms with van der Waals surface area (Å²) in [6.45, 7) is 3.28. The molecule has 0 radical (unpaired) electrons. The van der Waals surface area contributed by atoms with E-state index in [1.165, 1.54) is 11.3 Å². The van der Waals surface area contributed by atoms with Crippen molar-refractivity contribution in [2.45, 2.75) is 17.1 Å². The number of rotatable bonds is 6. The first-order chi connectivity index (χ1) is 15.2. The fourth-order valence-corrected chi connectivity index (χ4v) is 4.53. The van der Waals surface area contributed by atoms with Gasteiger partial charge in [0.1, 0.15) is 5.75 Å². The van der Waals surface area contributed by atoms with Gasteiger partial charge in [-0.1, -0.05) is 6.07 Å². The van der Waals surface area contributed by atoms with Crippen LogP contribution in [0.1, 0.15) is 22.3 Å². The van der Waals surface area contributed by atoms with Gasteiger partial charge in [0.15, 0.2) is 0 Å². The number of methoxy groups -OCH3 is 1. The second-order valence-corrected chi connectivity index (χ2v) is 8.55. The second kappa shape index (κ2) is 10.4. The number of thioether (sulfide) groups is 1. The zero-order valence-corrected chi connectivity index (χ0v) is 18.6. The Labute approximate surface area is 188 Å². The molecule has 0 spiro atoms. The number of carbonyl (C=O) groups is 1. The van der Waals surface area contributed by atoms with Crippen LogP contribution in [0.3, 0.4) is 0 Å². The molecule has 160 valence electrons. The molecule has 0 aliphatic carbocycles. The van der Waals surface area contributed by atoms with Crippen molar-refractivity contribution >= 4 is 23.4 Å². The van der Waals surface area contributed by atoms with Gasteiger partial charge in [0.2, 0.25) is 0 Å². The van der Waals surface area contributed by atoms with Gasteiger partial charge in [-0.15, -0.1) is 11.8 Å². The largest absolute Gasteiger partial charge is 0.497 e. The molecular formula is C25H27N3O2S. The first-order valence-corrected chi connectivity index (χ1v) is 11.5. The van der Waals surface area contributed by atoms with Gasteiger partial charge < -0.3 is 14.5 Å². The van der Waals surface area contributed by atoms with Crippen LogP contribution in [0.25, 0.3) is 0 Å². The molecular weight excluding hydrogens is 406 g/mol. The van der Waals surface area contributed by atoms with Crippen molar-refractivity contribution in [3.05, 3.63) is 84.2 Å². The van der Waals surface area contributed by atoms with E-state index >= 15 is 0 Å². The van der Waals surface area contributed by atoms with E-state index in [9.17, 15) is 4.79 Å². The Bertz CT molecular complexity index is 978. The average molecular weight is 434 g/mol. The van der Waals surface area contributed by atoms with Crippen LogP contribution < -0.4 is 9.64 Å². The van der Waals surface area contributed by atoms with Crippen LogP contribution in [-0.4, -0.2) is 49.1 Å². The lowest BCUT2D eigenvalue weighted by Crippen LogP contribution is -2.35. The monoisotopic (exact) mass is 433 g/mol. The average Bonchev–Trinajstić information content (AvgIpc) is 3.10. The molecule has 2 heterocycles. The number of aromatic nitrogens is 1. The van der Waals surface area contributed by atoms with Crippen LogP contribution in [0.5, 0.6) is 5.75 Å². The van der Waals surface area contributed by atoms with Crippen molar-refractivity contribution in [2.75, 3.05) is 38.2 Å². The lowest BCUT2D eigenvalue weighted by Gasteiger charge is -2.24. The van der Waals surface area contributed by atoms with E-state index in [2.05, 4.69) is 28.1 Å². The van der Waals surface area contributed by atoms with Gasteiger partial charge in [-0.3, -0.25) is 9.78 Å². The van der Waals surface area contributed by atoms with E-state index in [4.69, 9.17) is 4.74 Å². The topological polar surface area (TPSA) is 45.7 Å². The van der Waals surface area contributed by atoms with Crippen LogP contribution in [-0.2, 0) is 5.75 Å². The number of carbonyl (C=O) groups excluding carboxylic acids is 1. The summed E-state index contributed by atoms with van der Waals surface area (Å²) in [5.41, 5.74) is 3.12. The van der Waals surface area contributed by atoms with Gasteiger partial charge in [0.25, 0.3) is 5.91 Å². The molecule has 4 rings (SSSR count). The summed E-state index contributed by atoms with van der Waals surface area (Å²) in [7, 11) is 1.68. The van der Waals surface area contributed by atoms with Gasteiger partial charge >= 0.3 is 0 Å². The fourth-order valence-electron chi connectivity index (χ4n) is 3.70. The number of ether oxygens (including phenoxy) is 1. The lowest BCUT2D eigenvalue weighted by molar-refractivity contribution is 0.0767. The van der Waals surface area contributed by atoms with Crippen molar-refractivity contribution in [2.24, 2.45) is 0 Å². The second-order valence-electron chi connectivity index (χ2n) is 7.51. The molecule has 5 nitrogen and oxygen atoms in total. The van der Waals surface area contributed by atoms with Crippen molar-refractivity contribution in [3.8, 4) is 5.75 Å². The predicted molar refractivity (Wildman–Crippen MR) is 126 cm³/mol. The molecule has 1 fully saturated rings. The van der Waals surface area contributed by atoms with E-state index in [1.807, 2.05) is 53.6 Å². The van der Waals surface area contributed by atoms with E-state index in [0.29, 0.717) is 0 Å². The Balaban J connectivity index is 1.33. The van der Waals surface area contributed by atoms with Crippen LogP contribution >= 0.6 is 11.8 Å². The molecule has 1 amide bonds. The summed E-state index contributed by atoms with van der Waals surface area (Å²) in [5, 5.41) is 0. The molecule has 1 aliphatic rings. The summed E-state index contributed by atoms with van der Waals surface area (Å²) >= 11 is 1.75. The third-order valence-corrected chi connectivity index (χ3v) is 6.53. The third kappa shape index (κ3) is 5.58. The van der Waals surface area contributed by atoms with E-state index in [-0.39, 0.29) is 5.91 Å². The van der Waals surface area contributed by atoms with E-state index < -0.39 is 0 Å². The van der Waals surface area contributed by atoms with Crippen molar-refractivity contribution in [1.29, 1.82) is 0 Å². The number of amides is 1. The summed E-state index contributed by atoms with van der Waals surface area (Å²) in [6.07, 6.45) is 4.63. The molecule has 0 unspecified atom stereocenters. The van der Waals surface area contributed by atoms with Crippen molar-refractivity contribution in [1.82, 2.24) is 9.88 Å². The first kappa shape index (κ1) is 21.2. The number of anilines is 1. The first-order valence-electron chi connectivity index (χ1n) is 10.5. The van der Waals surface area contributed by atoms with Gasteiger partial charge in [-0.25, -0.2) is 0 Å². The SMILES string of the molecule is COc1ccc(N2CCCN(C(=O)c3ccc(SCc4cccnc4)cc3)CC2)cc1. The van der Waals surface area contributed by atoms with E-state index in [1.54, 1.807) is 25.1 Å². The molecule has 31 heavy (non-hydrogen) atoms. The van der Waals surface area contributed by atoms with Gasteiger partial charge in [0, 0.05) is 60.5 Å². The standard InChI is InChI=1S/C25H27N3O2S/c1-30-23-9-7-22(8-10-23)27-14-3-15-28(17-16-27)25(29)21-5-11-24(12-6-21)31-19-20-4-2-13-26-18-20/h2,4-13,18H,3,14-17,19H2,1H3. The number of hydrogen-bond donors (Lipinski definition) is 0. The maximum atomic E-state index is 13.0. The zero-order valence-electron chi connectivity index (χ0n) is 17.7. The fraction of sp³-hybridized carbons (Fsp3) is 0.280. The number of hydrogen-bond acceptors (Lipinski definition) is 5. The Morgan fingerprint density at radius 1 is 1.00 bits per heavy atom. The smallest absolute Gasteiger partial charge is 0.253 e. The molecule has 0 N–H and O–H groups in total. The molecule has 0 bridgehead atoms. The Morgan fingerprint density at radius 2 is 1.81 bits per heavy atom. The molecule has 0 atom stereocenters. The highest BCUT2D eigenvalue weighted by atomic mass is 32.2. The predicted octanol–water partition coefficient (Wildman–Crippen LogP) is 4.74. The molecule has 0 saturated carbocycles. The summed E-state index contributed by atoms with van der Waals surface area (Å²) in [4.78, 5) is 22.7. The minimum atomic E-state index is 0.111. The van der Waals surface area contributed by atoms with Crippen molar-refractivity contribution in [3.63, 3.8) is 0 Å². The highest BCUT2D eigenvalue weighted by molar-refractivity contribution is 7.98. The minimum Gasteiger partial charge on any atom is -0.497 e. The number of benzene rings is 2. The van der Waals surface area contributed by atoms with Crippen molar-refractivity contribution < 1.29 is 9.53 Å². The Kier molecular flexibility index (Phi) is 7.10. The molecule has 6 heteroatoms. The minimum absolute atomic E-state index is 0.111. The van der Waals surface area contributed by atoms with Gasteiger partial charge in [-0.05, 0) is 66.6 Å².